The van der Waals surface area contributed by atoms with Gasteiger partial charge in [-0.15, -0.1) is 0 Å². The van der Waals surface area contributed by atoms with Gasteiger partial charge in [-0.2, -0.15) is 13.2 Å². The molecule has 2 aliphatic rings. The Balaban J connectivity index is 1.07. The second-order valence-electron chi connectivity index (χ2n) is 10.1. The molecule has 5 rings (SSSR count). The maximum Gasteiger partial charge on any atom is 0.417 e. The number of likely N-dealkylation sites (tertiary alicyclic amines) is 1. The van der Waals surface area contributed by atoms with Crippen LogP contribution in [0.2, 0.25) is 0 Å². The van der Waals surface area contributed by atoms with Gasteiger partial charge in [0.25, 0.3) is 5.91 Å². The van der Waals surface area contributed by atoms with Crippen molar-refractivity contribution >= 4 is 23.6 Å². The predicted octanol–water partition coefficient (Wildman–Crippen LogP) is 5.05. The molecular formula is C29H31F3N6O3. The normalized spacial score (nSPS) is 16.4. The molecule has 2 saturated heterocycles. The maximum absolute atomic E-state index is 12.8. The largest absolute Gasteiger partial charge is 0.417 e. The van der Waals surface area contributed by atoms with E-state index in [1.165, 1.54) is 42.0 Å². The maximum atomic E-state index is 12.8. The zero-order valence-corrected chi connectivity index (χ0v) is 22.4. The van der Waals surface area contributed by atoms with Gasteiger partial charge in [-0.3, -0.25) is 9.69 Å². The lowest BCUT2D eigenvalue weighted by Gasteiger charge is -2.34. The second-order valence-corrected chi connectivity index (χ2v) is 10.1. The van der Waals surface area contributed by atoms with Crippen LogP contribution in [0.3, 0.4) is 0 Å². The molecule has 0 aliphatic carbocycles. The van der Waals surface area contributed by atoms with E-state index in [-0.39, 0.29) is 11.7 Å². The summed E-state index contributed by atoms with van der Waals surface area (Å²) in [6.45, 7) is 4.54. The lowest BCUT2D eigenvalue weighted by atomic mass is 10.1. The van der Waals surface area contributed by atoms with E-state index < -0.39 is 17.8 Å². The standard InChI is InChI=1S/C29H31F3N6O3/c30-29(31,32)23-8-11-26(34-18-23)37-14-16-38(17-15-37)28(40)41-24-9-10-25(33-19-24)35-27(39)22-6-4-21(5-7-22)20-36-12-2-1-3-13-36/h4-11,18-19H,1-3,12-17,20H2,(H,33,35,39). The molecule has 9 nitrogen and oxygen atoms in total. The third kappa shape index (κ3) is 7.51. The Hall–Kier alpha value is -4.19. The topological polar surface area (TPSA) is 90.9 Å². The van der Waals surface area contributed by atoms with Gasteiger partial charge in [-0.25, -0.2) is 14.8 Å². The van der Waals surface area contributed by atoms with Crippen molar-refractivity contribution in [2.75, 3.05) is 49.5 Å². The Bertz CT molecular complexity index is 1320. The number of piperidine rings is 1. The first kappa shape index (κ1) is 28.3. The molecule has 12 heteroatoms. The zero-order chi connectivity index (χ0) is 28.8. The molecule has 1 aromatic carbocycles. The first-order valence-electron chi connectivity index (χ1n) is 13.6. The number of carbonyl (C=O) groups is 2. The van der Waals surface area contributed by atoms with Crippen LogP contribution in [-0.4, -0.2) is 71.0 Å². The highest BCUT2D eigenvalue weighted by Gasteiger charge is 2.31. The SMILES string of the molecule is O=C(Nc1ccc(OC(=O)N2CCN(c3ccc(C(F)(F)F)cn3)CC2)cn1)c1ccc(CN2CCCCC2)cc1. The number of pyridine rings is 2. The summed E-state index contributed by atoms with van der Waals surface area (Å²) in [4.78, 5) is 39.1. The minimum absolute atomic E-state index is 0.224. The number of hydrogen-bond donors (Lipinski definition) is 1. The fourth-order valence-electron chi connectivity index (χ4n) is 4.86. The van der Waals surface area contributed by atoms with Crippen LogP contribution < -0.4 is 15.0 Å². The highest BCUT2D eigenvalue weighted by atomic mass is 19.4. The van der Waals surface area contributed by atoms with Crippen LogP contribution in [0.5, 0.6) is 5.75 Å². The number of halogens is 3. The number of amides is 2. The number of piperazine rings is 1. The summed E-state index contributed by atoms with van der Waals surface area (Å²) < 4.78 is 43.7. The van der Waals surface area contributed by atoms with Gasteiger partial charge >= 0.3 is 12.3 Å². The van der Waals surface area contributed by atoms with Gasteiger partial charge in [-0.05, 0) is 67.9 Å². The number of benzene rings is 1. The van der Waals surface area contributed by atoms with Gasteiger partial charge in [0.05, 0.1) is 11.8 Å². The summed E-state index contributed by atoms with van der Waals surface area (Å²) in [5, 5.41) is 2.75. The van der Waals surface area contributed by atoms with Crippen molar-refractivity contribution in [1.82, 2.24) is 19.8 Å². The quantitative estimate of drug-likeness (QED) is 0.445. The Kier molecular flexibility index (Phi) is 8.67. The van der Waals surface area contributed by atoms with E-state index in [1.54, 1.807) is 24.3 Å². The summed E-state index contributed by atoms with van der Waals surface area (Å²) in [5.74, 6) is 0.681. The lowest BCUT2D eigenvalue weighted by molar-refractivity contribution is -0.137. The molecule has 3 aromatic rings. The van der Waals surface area contributed by atoms with Crippen LogP contribution in [0, 0.1) is 0 Å². The monoisotopic (exact) mass is 568 g/mol. The fraction of sp³-hybridized carbons (Fsp3) is 0.379. The number of hydrogen-bond acceptors (Lipinski definition) is 7. The summed E-state index contributed by atoms with van der Waals surface area (Å²) >= 11 is 0. The number of ether oxygens (including phenoxy) is 1. The van der Waals surface area contributed by atoms with Crippen molar-refractivity contribution in [2.24, 2.45) is 0 Å². The van der Waals surface area contributed by atoms with Crippen LogP contribution in [-0.2, 0) is 12.7 Å². The van der Waals surface area contributed by atoms with E-state index in [4.69, 9.17) is 4.74 Å². The number of alkyl halides is 3. The molecule has 41 heavy (non-hydrogen) atoms. The van der Waals surface area contributed by atoms with E-state index in [0.29, 0.717) is 43.4 Å². The molecule has 4 heterocycles. The highest BCUT2D eigenvalue weighted by Crippen LogP contribution is 2.29. The molecule has 0 spiro atoms. The summed E-state index contributed by atoms with van der Waals surface area (Å²) in [6, 6.07) is 13.0. The molecular weight excluding hydrogens is 537 g/mol. The van der Waals surface area contributed by atoms with E-state index in [2.05, 4.69) is 20.2 Å². The lowest BCUT2D eigenvalue weighted by Crippen LogP contribution is -2.49. The van der Waals surface area contributed by atoms with Crippen LogP contribution in [0.25, 0.3) is 0 Å². The fourth-order valence-corrected chi connectivity index (χ4v) is 4.86. The molecule has 0 saturated carbocycles. The van der Waals surface area contributed by atoms with Crippen molar-refractivity contribution in [3.05, 3.63) is 77.6 Å². The van der Waals surface area contributed by atoms with Crippen LogP contribution in [0.15, 0.2) is 60.9 Å². The summed E-state index contributed by atoms with van der Waals surface area (Å²) in [5.41, 5.74) is 0.889. The number of aromatic nitrogens is 2. The van der Waals surface area contributed by atoms with E-state index >= 15 is 0 Å². The van der Waals surface area contributed by atoms with Gasteiger partial charge in [0, 0.05) is 44.5 Å². The van der Waals surface area contributed by atoms with Gasteiger partial charge in [0.2, 0.25) is 0 Å². The molecule has 2 aliphatic heterocycles. The first-order chi connectivity index (χ1) is 19.7. The summed E-state index contributed by atoms with van der Waals surface area (Å²) in [7, 11) is 0. The van der Waals surface area contributed by atoms with Crippen molar-refractivity contribution in [3.63, 3.8) is 0 Å². The third-order valence-corrected chi connectivity index (χ3v) is 7.19. The van der Waals surface area contributed by atoms with Gasteiger partial charge in [0.1, 0.15) is 11.6 Å². The molecule has 1 N–H and O–H groups in total. The Morgan fingerprint density at radius 2 is 1.56 bits per heavy atom. The number of anilines is 2. The Morgan fingerprint density at radius 3 is 2.17 bits per heavy atom. The molecule has 2 amide bonds. The van der Waals surface area contributed by atoms with Crippen molar-refractivity contribution in [3.8, 4) is 5.75 Å². The molecule has 0 bridgehead atoms. The molecule has 216 valence electrons. The van der Waals surface area contributed by atoms with E-state index in [9.17, 15) is 22.8 Å². The van der Waals surface area contributed by atoms with Crippen LogP contribution >= 0.6 is 0 Å². The average Bonchev–Trinajstić information content (AvgIpc) is 2.99. The highest BCUT2D eigenvalue weighted by molar-refractivity contribution is 6.03. The van der Waals surface area contributed by atoms with E-state index in [0.717, 1.165) is 31.9 Å². The second kappa shape index (κ2) is 12.5. The predicted molar refractivity (Wildman–Crippen MR) is 147 cm³/mol. The average molecular weight is 569 g/mol. The van der Waals surface area contributed by atoms with E-state index in [1.807, 2.05) is 17.0 Å². The van der Waals surface area contributed by atoms with Crippen molar-refractivity contribution in [1.29, 1.82) is 0 Å². The Labute approximate surface area is 235 Å². The number of carbonyl (C=O) groups excluding carboxylic acids is 2. The Morgan fingerprint density at radius 1 is 0.829 bits per heavy atom. The van der Waals surface area contributed by atoms with Gasteiger partial charge < -0.3 is 19.9 Å². The van der Waals surface area contributed by atoms with Crippen molar-refractivity contribution < 1.29 is 27.5 Å². The first-order valence-corrected chi connectivity index (χ1v) is 13.6. The number of nitrogens with zero attached hydrogens (tertiary/aromatic N) is 5. The minimum atomic E-state index is -4.44. The van der Waals surface area contributed by atoms with Crippen molar-refractivity contribution in [2.45, 2.75) is 32.0 Å². The third-order valence-electron chi connectivity index (χ3n) is 7.19. The molecule has 2 fully saturated rings. The van der Waals surface area contributed by atoms with Gasteiger partial charge in [0.15, 0.2) is 5.75 Å². The van der Waals surface area contributed by atoms with Gasteiger partial charge in [-0.1, -0.05) is 18.6 Å². The number of rotatable bonds is 6. The summed E-state index contributed by atoms with van der Waals surface area (Å²) in [6.07, 6.45) is 0.919. The van der Waals surface area contributed by atoms with Crippen LogP contribution in [0.1, 0.15) is 40.7 Å². The minimum Gasteiger partial charge on any atom is -0.409 e. The zero-order valence-electron chi connectivity index (χ0n) is 22.4. The molecule has 0 atom stereocenters. The molecule has 0 radical (unpaired) electrons. The molecule has 2 aromatic heterocycles. The molecule has 0 unspecified atom stereocenters. The number of nitrogens with one attached hydrogen (secondary N) is 1. The van der Waals surface area contributed by atoms with Crippen LogP contribution in [0.4, 0.5) is 29.6 Å². The smallest absolute Gasteiger partial charge is 0.409 e.